The van der Waals surface area contributed by atoms with Crippen molar-refractivity contribution >= 4 is 28.8 Å². The van der Waals surface area contributed by atoms with Crippen LogP contribution in [0.2, 0.25) is 5.02 Å². The van der Waals surface area contributed by atoms with Crippen molar-refractivity contribution in [2.45, 2.75) is 13.5 Å². The Morgan fingerprint density at radius 2 is 1.89 bits per heavy atom. The summed E-state index contributed by atoms with van der Waals surface area (Å²) in [6.45, 7) is 2.21. The van der Waals surface area contributed by atoms with Gasteiger partial charge in [0.05, 0.1) is 23.6 Å². The van der Waals surface area contributed by atoms with Crippen LogP contribution in [0.3, 0.4) is 0 Å². The van der Waals surface area contributed by atoms with Crippen LogP contribution in [0.25, 0.3) is 16.3 Å². The van der Waals surface area contributed by atoms with Crippen LogP contribution < -0.4 is 5.32 Å². The molecule has 0 unspecified atom stereocenters. The Balaban J connectivity index is 1.49. The van der Waals surface area contributed by atoms with Gasteiger partial charge in [-0.15, -0.1) is 11.3 Å². The molecule has 2 aromatic carbocycles. The molecule has 0 aliphatic heterocycles. The molecule has 0 atom stereocenters. The van der Waals surface area contributed by atoms with Gasteiger partial charge in [0.1, 0.15) is 10.7 Å². The first-order chi connectivity index (χ1) is 13.6. The minimum absolute atomic E-state index is 0.204. The van der Waals surface area contributed by atoms with E-state index in [1.807, 2.05) is 54.8 Å². The quantitative estimate of drug-likeness (QED) is 0.511. The number of carbonyl (C=O) groups excluding carboxylic acids is 1. The molecule has 4 aromatic rings. The first-order valence-electron chi connectivity index (χ1n) is 8.71. The minimum atomic E-state index is -0.204. The van der Waals surface area contributed by atoms with Crippen molar-refractivity contribution in [1.29, 1.82) is 0 Å². The van der Waals surface area contributed by atoms with E-state index < -0.39 is 0 Å². The topological polar surface area (TPSA) is 59.8 Å². The SMILES string of the molecule is Cc1cc(C(=O)NCc2csc(-c3ccccc3)n2)n(-c2ccc(Cl)cc2)n1. The fourth-order valence-corrected chi connectivity index (χ4v) is 3.76. The molecule has 0 fully saturated rings. The van der Waals surface area contributed by atoms with E-state index in [1.165, 1.54) is 0 Å². The van der Waals surface area contributed by atoms with Crippen LogP contribution >= 0.6 is 22.9 Å². The number of hydrogen-bond acceptors (Lipinski definition) is 4. The number of aromatic nitrogens is 3. The fourth-order valence-electron chi connectivity index (χ4n) is 2.80. The van der Waals surface area contributed by atoms with E-state index in [1.54, 1.807) is 34.2 Å². The van der Waals surface area contributed by atoms with Gasteiger partial charge < -0.3 is 5.32 Å². The zero-order chi connectivity index (χ0) is 19.5. The van der Waals surface area contributed by atoms with Gasteiger partial charge in [0, 0.05) is 16.0 Å². The molecule has 5 nitrogen and oxygen atoms in total. The molecule has 1 amide bonds. The van der Waals surface area contributed by atoms with Crippen LogP contribution in [-0.2, 0) is 6.54 Å². The van der Waals surface area contributed by atoms with Crippen LogP contribution in [0, 0.1) is 6.92 Å². The normalized spacial score (nSPS) is 10.8. The number of thiazole rings is 1. The zero-order valence-electron chi connectivity index (χ0n) is 15.1. The zero-order valence-corrected chi connectivity index (χ0v) is 16.7. The molecular formula is C21H17ClN4OS. The van der Waals surface area contributed by atoms with Crippen LogP contribution in [0.1, 0.15) is 21.9 Å². The van der Waals surface area contributed by atoms with Crippen molar-refractivity contribution in [1.82, 2.24) is 20.1 Å². The summed E-state index contributed by atoms with van der Waals surface area (Å²) in [4.78, 5) is 17.4. The van der Waals surface area contributed by atoms with Gasteiger partial charge in [-0.2, -0.15) is 5.10 Å². The first kappa shape index (κ1) is 18.4. The highest BCUT2D eigenvalue weighted by Gasteiger charge is 2.16. The third kappa shape index (κ3) is 3.98. The van der Waals surface area contributed by atoms with Gasteiger partial charge in [-0.1, -0.05) is 41.9 Å². The average Bonchev–Trinajstić information content (AvgIpc) is 3.34. The smallest absolute Gasteiger partial charge is 0.270 e. The number of carbonyl (C=O) groups is 1. The maximum atomic E-state index is 12.7. The molecule has 140 valence electrons. The van der Waals surface area contributed by atoms with Crippen molar-refractivity contribution in [3.8, 4) is 16.3 Å². The Morgan fingerprint density at radius 1 is 1.14 bits per heavy atom. The summed E-state index contributed by atoms with van der Waals surface area (Å²) in [5, 5.41) is 10.9. The Morgan fingerprint density at radius 3 is 2.64 bits per heavy atom. The molecule has 7 heteroatoms. The summed E-state index contributed by atoms with van der Waals surface area (Å²) in [6.07, 6.45) is 0. The molecule has 28 heavy (non-hydrogen) atoms. The highest BCUT2D eigenvalue weighted by atomic mass is 35.5. The standard InChI is InChI=1S/C21H17ClN4OS/c1-14-11-19(26(25-14)18-9-7-16(22)8-10-18)20(27)23-12-17-13-28-21(24-17)15-5-3-2-4-6-15/h2-11,13H,12H2,1H3,(H,23,27). The Bertz CT molecular complexity index is 1100. The minimum Gasteiger partial charge on any atom is -0.345 e. The van der Waals surface area contributed by atoms with Crippen LogP contribution in [0.4, 0.5) is 0 Å². The van der Waals surface area contributed by atoms with Gasteiger partial charge in [-0.05, 0) is 37.3 Å². The molecule has 0 saturated carbocycles. The van der Waals surface area contributed by atoms with E-state index >= 15 is 0 Å². The third-order valence-electron chi connectivity index (χ3n) is 4.14. The van der Waals surface area contributed by atoms with E-state index in [0.717, 1.165) is 27.6 Å². The summed E-state index contributed by atoms with van der Waals surface area (Å²) < 4.78 is 1.62. The van der Waals surface area contributed by atoms with Crippen molar-refractivity contribution in [3.63, 3.8) is 0 Å². The van der Waals surface area contributed by atoms with E-state index in [9.17, 15) is 4.79 Å². The highest BCUT2D eigenvalue weighted by molar-refractivity contribution is 7.13. The molecule has 0 bridgehead atoms. The molecule has 1 N–H and O–H groups in total. The molecule has 0 radical (unpaired) electrons. The van der Waals surface area contributed by atoms with E-state index in [2.05, 4.69) is 15.4 Å². The highest BCUT2D eigenvalue weighted by Crippen LogP contribution is 2.23. The number of hydrogen-bond donors (Lipinski definition) is 1. The lowest BCUT2D eigenvalue weighted by Gasteiger charge is -2.08. The molecule has 0 aliphatic rings. The maximum Gasteiger partial charge on any atom is 0.270 e. The fraction of sp³-hybridized carbons (Fsp3) is 0.0952. The molecule has 0 aliphatic carbocycles. The first-order valence-corrected chi connectivity index (χ1v) is 9.96. The molecule has 0 saturated heterocycles. The lowest BCUT2D eigenvalue weighted by Crippen LogP contribution is -2.25. The van der Waals surface area contributed by atoms with E-state index in [-0.39, 0.29) is 5.91 Å². The monoisotopic (exact) mass is 408 g/mol. The molecule has 4 rings (SSSR count). The second kappa shape index (κ2) is 7.96. The molecule has 0 spiro atoms. The number of aryl methyl sites for hydroxylation is 1. The van der Waals surface area contributed by atoms with Crippen LogP contribution in [-0.4, -0.2) is 20.7 Å². The van der Waals surface area contributed by atoms with E-state index in [4.69, 9.17) is 11.6 Å². The van der Waals surface area contributed by atoms with Crippen LogP contribution in [0.5, 0.6) is 0 Å². The number of benzene rings is 2. The third-order valence-corrected chi connectivity index (χ3v) is 5.33. The van der Waals surface area contributed by atoms with Crippen molar-refractivity contribution in [3.05, 3.63) is 88.1 Å². The van der Waals surface area contributed by atoms with Gasteiger partial charge in [0.25, 0.3) is 5.91 Å². The summed E-state index contributed by atoms with van der Waals surface area (Å²) in [5.41, 5.74) is 3.91. The average molecular weight is 409 g/mol. The van der Waals surface area contributed by atoms with Gasteiger partial charge in [0.2, 0.25) is 0 Å². The number of nitrogens with zero attached hydrogens (tertiary/aromatic N) is 3. The van der Waals surface area contributed by atoms with Crippen molar-refractivity contribution < 1.29 is 4.79 Å². The van der Waals surface area contributed by atoms with Gasteiger partial charge in [0.15, 0.2) is 0 Å². The predicted octanol–water partition coefficient (Wildman–Crippen LogP) is 4.89. The summed E-state index contributed by atoms with van der Waals surface area (Å²) >= 11 is 7.52. The van der Waals surface area contributed by atoms with E-state index in [0.29, 0.717) is 17.3 Å². The molecule has 2 aromatic heterocycles. The Kier molecular flexibility index (Phi) is 5.23. The summed E-state index contributed by atoms with van der Waals surface area (Å²) in [7, 11) is 0. The van der Waals surface area contributed by atoms with Gasteiger partial charge >= 0.3 is 0 Å². The summed E-state index contributed by atoms with van der Waals surface area (Å²) in [6, 6.07) is 19.0. The Hall–Kier alpha value is -2.96. The molecular weight excluding hydrogens is 392 g/mol. The molecule has 2 heterocycles. The number of amides is 1. The lowest BCUT2D eigenvalue weighted by molar-refractivity contribution is 0.0942. The largest absolute Gasteiger partial charge is 0.345 e. The predicted molar refractivity (Wildman–Crippen MR) is 112 cm³/mol. The number of nitrogens with one attached hydrogen (secondary N) is 1. The second-order valence-corrected chi connectivity index (χ2v) is 7.55. The van der Waals surface area contributed by atoms with Gasteiger partial charge in [-0.25, -0.2) is 9.67 Å². The summed E-state index contributed by atoms with van der Waals surface area (Å²) in [5.74, 6) is -0.204. The lowest BCUT2D eigenvalue weighted by atomic mass is 10.2. The second-order valence-electron chi connectivity index (χ2n) is 6.25. The van der Waals surface area contributed by atoms with Gasteiger partial charge in [-0.3, -0.25) is 4.79 Å². The van der Waals surface area contributed by atoms with Crippen LogP contribution in [0.15, 0.2) is 66.0 Å². The van der Waals surface area contributed by atoms with Crippen molar-refractivity contribution in [2.75, 3.05) is 0 Å². The number of rotatable bonds is 5. The Labute approximate surface area is 171 Å². The number of halogens is 1. The van der Waals surface area contributed by atoms with Crippen molar-refractivity contribution in [2.24, 2.45) is 0 Å². The maximum absolute atomic E-state index is 12.7.